The SMILES string of the molecule is COc1ccc(CCN2C(=O)/C(=C\c3c(Cl)cccc3Cl)SC2=S)cc1OC. The third kappa shape index (κ3) is 4.46. The van der Waals surface area contributed by atoms with Crippen molar-refractivity contribution in [2.24, 2.45) is 0 Å². The summed E-state index contributed by atoms with van der Waals surface area (Å²) in [5.41, 5.74) is 1.64. The summed E-state index contributed by atoms with van der Waals surface area (Å²) in [6, 6.07) is 10.9. The third-order valence-electron chi connectivity index (χ3n) is 4.22. The van der Waals surface area contributed by atoms with Crippen LogP contribution >= 0.6 is 47.2 Å². The van der Waals surface area contributed by atoms with E-state index in [1.54, 1.807) is 43.4 Å². The van der Waals surface area contributed by atoms with Gasteiger partial charge in [0.05, 0.1) is 19.1 Å². The first kappa shape index (κ1) is 21.0. The van der Waals surface area contributed by atoms with Crippen LogP contribution in [0.3, 0.4) is 0 Å². The van der Waals surface area contributed by atoms with Gasteiger partial charge in [0.15, 0.2) is 11.5 Å². The summed E-state index contributed by atoms with van der Waals surface area (Å²) in [5, 5.41) is 0.978. The van der Waals surface area contributed by atoms with E-state index >= 15 is 0 Å². The van der Waals surface area contributed by atoms with E-state index in [-0.39, 0.29) is 5.91 Å². The second-order valence-electron chi connectivity index (χ2n) is 5.91. The number of halogens is 2. The number of thiocarbonyl (C=S) groups is 1. The Morgan fingerprint density at radius 1 is 1.11 bits per heavy atom. The number of carbonyl (C=O) groups excluding carboxylic acids is 1. The molecule has 1 amide bonds. The van der Waals surface area contributed by atoms with Gasteiger partial charge in [-0.05, 0) is 42.3 Å². The van der Waals surface area contributed by atoms with E-state index in [0.717, 1.165) is 5.56 Å². The van der Waals surface area contributed by atoms with Gasteiger partial charge >= 0.3 is 0 Å². The zero-order valence-electron chi connectivity index (χ0n) is 15.2. The molecule has 2 aromatic rings. The lowest BCUT2D eigenvalue weighted by Gasteiger charge is -2.15. The summed E-state index contributed by atoms with van der Waals surface area (Å²) < 4.78 is 11.1. The minimum absolute atomic E-state index is 0.147. The Morgan fingerprint density at radius 2 is 1.79 bits per heavy atom. The van der Waals surface area contributed by atoms with Crippen LogP contribution in [0.5, 0.6) is 11.5 Å². The molecule has 1 aliphatic rings. The van der Waals surface area contributed by atoms with E-state index < -0.39 is 0 Å². The van der Waals surface area contributed by atoms with Crippen molar-refractivity contribution in [1.82, 2.24) is 4.90 Å². The fraction of sp³-hybridized carbons (Fsp3) is 0.200. The lowest BCUT2D eigenvalue weighted by molar-refractivity contribution is -0.122. The summed E-state index contributed by atoms with van der Waals surface area (Å²) in [6.45, 7) is 0.466. The first-order valence-electron chi connectivity index (χ1n) is 8.35. The van der Waals surface area contributed by atoms with Crippen LogP contribution in [0.15, 0.2) is 41.3 Å². The molecule has 0 saturated carbocycles. The molecule has 0 radical (unpaired) electrons. The van der Waals surface area contributed by atoms with Gasteiger partial charge in [0, 0.05) is 22.2 Å². The molecule has 1 aliphatic heterocycles. The van der Waals surface area contributed by atoms with Crippen molar-refractivity contribution in [1.29, 1.82) is 0 Å². The maximum Gasteiger partial charge on any atom is 0.266 e. The first-order chi connectivity index (χ1) is 13.4. The van der Waals surface area contributed by atoms with E-state index in [1.807, 2.05) is 18.2 Å². The summed E-state index contributed by atoms with van der Waals surface area (Å²) >= 11 is 19.1. The number of ether oxygens (including phenoxy) is 2. The molecule has 0 N–H and O–H groups in total. The Morgan fingerprint density at radius 3 is 2.43 bits per heavy atom. The molecule has 8 heteroatoms. The molecule has 3 rings (SSSR count). The number of thioether (sulfide) groups is 1. The maximum atomic E-state index is 12.8. The summed E-state index contributed by atoms with van der Waals surface area (Å²) in [7, 11) is 3.18. The minimum atomic E-state index is -0.147. The van der Waals surface area contributed by atoms with Gasteiger partial charge in [-0.3, -0.25) is 9.69 Å². The van der Waals surface area contributed by atoms with E-state index in [4.69, 9.17) is 44.9 Å². The summed E-state index contributed by atoms with van der Waals surface area (Å²) in [4.78, 5) is 14.9. The van der Waals surface area contributed by atoms with Gasteiger partial charge in [0.1, 0.15) is 4.32 Å². The van der Waals surface area contributed by atoms with E-state index in [2.05, 4.69) is 0 Å². The van der Waals surface area contributed by atoms with Crippen LogP contribution in [0.4, 0.5) is 0 Å². The smallest absolute Gasteiger partial charge is 0.266 e. The lowest BCUT2D eigenvalue weighted by atomic mass is 10.1. The molecule has 0 spiro atoms. The Labute approximate surface area is 183 Å². The molecule has 28 heavy (non-hydrogen) atoms. The molecule has 1 saturated heterocycles. The van der Waals surface area contributed by atoms with Crippen LogP contribution in [0, 0.1) is 0 Å². The molecule has 1 heterocycles. The maximum absolute atomic E-state index is 12.8. The van der Waals surface area contributed by atoms with Crippen molar-refractivity contribution in [3.8, 4) is 11.5 Å². The van der Waals surface area contributed by atoms with E-state index in [9.17, 15) is 4.79 Å². The molecule has 146 valence electrons. The van der Waals surface area contributed by atoms with Crippen LogP contribution in [0.1, 0.15) is 11.1 Å². The van der Waals surface area contributed by atoms with Crippen LogP contribution in [-0.4, -0.2) is 35.9 Å². The molecule has 0 bridgehead atoms. The predicted octanol–water partition coefficient (Wildman–Crippen LogP) is 5.45. The fourth-order valence-corrected chi connectivity index (χ4v) is 4.55. The molecular weight excluding hydrogens is 437 g/mol. The molecule has 4 nitrogen and oxygen atoms in total. The minimum Gasteiger partial charge on any atom is -0.493 e. The highest BCUT2D eigenvalue weighted by atomic mass is 35.5. The Bertz CT molecular complexity index is 942. The van der Waals surface area contributed by atoms with Crippen molar-refractivity contribution < 1.29 is 14.3 Å². The Hall–Kier alpha value is -1.73. The number of methoxy groups -OCH3 is 2. The zero-order chi connectivity index (χ0) is 20.3. The van der Waals surface area contributed by atoms with Crippen molar-refractivity contribution >= 4 is 63.5 Å². The standard InChI is InChI=1S/C20H17Cl2NO3S2/c1-25-16-7-6-12(10-17(16)26-2)8-9-23-19(24)18(28-20(23)27)11-13-14(21)4-3-5-15(13)22/h3-7,10-11H,8-9H2,1-2H3/b18-11+. The average molecular weight is 454 g/mol. The van der Waals surface area contributed by atoms with Crippen molar-refractivity contribution in [3.05, 3.63) is 62.5 Å². The number of rotatable bonds is 6. The normalized spacial score (nSPS) is 15.4. The molecular formula is C20H17Cl2NO3S2. The number of benzene rings is 2. The molecule has 1 fully saturated rings. The summed E-state index contributed by atoms with van der Waals surface area (Å²) in [5.74, 6) is 1.17. The van der Waals surface area contributed by atoms with Crippen molar-refractivity contribution in [2.75, 3.05) is 20.8 Å². The highest BCUT2D eigenvalue weighted by Gasteiger charge is 2.32. The topological polar surface area (TPSA) is 38.8 Å². The number of hydrogen-bond acceptors (Lipinski definition) is 5. The van der Waals surface area contributed by atoms with Crippen LogP contribution in [0.25, 0.3) is 6.08 Å². The molecule has 0 atom stereocenters. The highest BCUT2D eigenvalue weighted by Crippen LogP contribution is 2.36. The van der Waals surface area contributed by atoms with Gasteiger partial charge in [-0.15, -0.1) is 0 Å². The molecule has 0 aliphatic carbocycles. The van der Waals surface area contributed by atoms with Crippen LogP contribution in [0.2, 0.25) is 10.0 Å². The van der Waals surface area contributed by atoms with Gasteiger partial charge in [-0.1, -0.05) is 59.3 Å². The fourth-order valence-electron chi connectivity index (χ4n) is 2.75. The van der Waals surface area contributed by atoms with Gasteiger partial charge in [0.25, 0.3) is 5.91 Å². The Balaban J connectivity index is 1.75. The molecule has 2 aromatic carbocycles. The van der Waals surface area contributed by atoms with Gasteiger partial charge < -0.3 is 9.47 Å². The van der Waals surface area contributed by atoms with Crippen molar-refractivity contribution in [2.45, 2.75) is 6.42 Å². The highest BCUT2D eigenvalue weighted by molar-refractivity contribution is 8.26. The number of nitrogens with zero attached hydrogens (tertiary/aromatic N) is 1. The Kier molecular flexibility index (Phi) is 6.88. The molecule has 0 aromatic heterocycles. The first-order valence-corrected chi connectivity index (χ1v) is 10.3. The van der Waals surface area contributed by atoms with Crippen LogP contribution in [-0.2, 0) is 11.2 Å². The average Bonchev–Trinajstić information content (AvgIpc) is 2.95. The molecule has 0 unspecified atom stereocenters. The largest absolute Gasteiger partial charge is 0.493 e. The van der Waals surface area contributed by atoms with Gasteiger partial charge in [-0.2, -0.15) is 0 Å². The zero-order valence-corrected chi connectivity index (χ0v) is 18.3. The van der Waals surface area contributed by atoms with Crippen LogP contribution < -0.4 is 9.47 Å². The van der Waals surface area contributed by atoms with Gasteiger partial charge in [0.2, 0.25) is 0 Å². The second kappa shape index (κ2) is 9.18. The summed E-state index contributed by atoms with van der Waals surface area (Å²) in [6.07, 6.45) is 2.33. The lowest BCUT2D eigenvalue weighted by Crippen LogP contribution is -2.30. The number of hydrogen-bond donors (Lipinski definition) is 0. The quantitative estimate of drug-likeness (QED) is 0.429. The van der Waals surface area contributed by atoms with Crippen molar-refractivity contribution in [3.63, 3.8) is 0 Å². The number of carbonyl (C=O) groups is 1. The predicted molar refractivity (Wildman–Crippen MR) is 120 cm³/mol. The number of amides is 1. The second-order valence-corrected chi connectivity index (χ2v) is 8.40. The van der Waals surface area contributed by atoms with E-state index in [1.165, 1.54) is 11.8 Å². The monoisotopic (exact) mass is 453 g/mol. The van der Waals surface area contributed by atoms with Gasteiger partial charge in [-0.25, -0.2) is 0 Å². The third-order valence-corrected chi connectivity index (χ3v) is 6.26. The van der Waals surface area contributed by atoms with E-state index in [0.29, 0.717) is 49.3 Å².